The summed E-state index contributed by atoms with van der Waals surface area (Å²) in [6.45, 7) is 9.84. The zero-order chi connectivity index (χ0) is 19.4. The van der Waals surface area contributed by atoms with Crippen LogP contribution in [0.15, 0.2) is 48.7 Å². The van der Waals surface area contributed by atoms with E-state index in [2.05, 4.69) is 25.8 Å². The van der Waals surface area contributed by atoms with Gasteiger partial charge in [0.25, 0.3) is 5.91 Å². The molecular formula is C22H28N2O3. The van der Waals surface area contributed by atoms with Gasteiger partial charge in [0.1, 0.15) is 11.7 Å². The molecule has 2 heterocycles. The Morgan fingerprint density at radius 2 is 1.93 bits per heavy atom. The van der Waals surface area contributed by atoms with E-state index in [9.17, 15) is 4.79 Å². The van der Waals surface area contributed by atoms with E-state index in [4.69, 9.17) is 9.47 Å². The molecule has 0 unspecified atom stereocenters. The number of amides is 1. The largest absolute Gasteiger partial charge is 0.477 e. The first-order valence-electron chi connectivity index (χ1n) is 9.47. The van der Waals surface area contributed by atoms with Gasteiger partial charge in [-0.1, -0.05) is 51.1 Å². The predicted octanol–water partition coefficient (Wildman–Crippen LogP) is 4.11. The van der Waals surface area contributed by atoms with E-state index in [0.717, 1.165) is 5.56 Å². The van der Waals surface area contributed by atoms with Crippen molar-refractivity contribution in [2.45, 2.75) is 39.9 Å². The van der Waals surface area contributed by atoms with Crippen LogP contribution in [-0.2, 0) is 4.74 Å². The fourth-order valence-corrected chi connectivity index (χ4v) is 3.23. The molecule has 0 radical (unpaired) electrons. The topological polar surface area (TPSA) is 51.7 Å². The number of benzene rings is 1. The minimum Gasteiger partial charge on any atom is -0.477 e. The Kier molecular flexibility index (Phi) is 5.80. The second kappa shape index (κ2) is 8.09. The summed E-state index contributed by atoms with van der Waals surface area (Å²) < 4.78 is 12.0. The van der Waals surface area contributed by atoms with E-state index in [-0.39, 0.29) is 23.5 Å². The Morgan fingerprint density at radius 3 is 2.59 bits per heavy atom. The molecule has 5 nitrogen and oxygen atoms in total. The van der Waals surface area contributed by atoms with Gasteiger partial charge >= 0.3 is 0 Å². The summed E-state index contributed by atoms with van der Waals surface area (Å²) in [4.78, 5) is 19.4. The van der Waals surface area contributed by atoms with Gasteiger partial charge in [-0.2, -0.15) is 0 Å². The van der Waals surface area contributed by atoms with Gasteiger partial charge in [0, 0.05) is 12.7 Å². The summed E-state index contributed by atoms with van der Waals surface area (Å²) in [7, 11) is 0. The number of carbonyl (C=O) groups excluding carboxylic acids is 1. The molecule has 1 saturated heterocycles. The summed E-state index contributed by atoms with van der Waals surface area (Å²) >= 11 is 0. The van der Waals surface area contributed by atoms with Crippen molar-refractivity contribution in [2.75, 3.05) is 19.7 Å². The number of morpholine rings is 1. The van der Waals surface area contributed by atoms with Gasteiger partial charge in [-0.25, -0.2) is 4.98 Å². The van der Waals surface area contributed by atoms with E-state index in [0.29, 0.717) is 31.1 Å². The Morgan fingerprint density at radius 1 is 1.19 bits per heavy atom. The number of hydrogen-bond acceptors (Lipinski definition) is 4. The third-order valence-electron chi connectivity index (χ3n) is 4.81. The maximum absolute atomic E-state index is 13.3. The summed E-state index contributed by atoms with van der Waals surface area (Å²) in [5.74, 6) is 0.324. The molecule has 1 aromatic carbocycles. The van der Waals surface area contributed by atoms with E-state index >= 15 is 0 Å². The molecule has 1 amide bonds. The first-order chi connectivity index (χ1) is 12.9. The highest BCUT2D eigenvalue weighted by molar-refractivity contribution is 5.96. The lowest BCUT2D eigenvalue weighted by Gasteiger charge is -2.43. The highest BCUT2D eigenvalue weighted by Gasteiger charge is 2.38. The van der Waals surface area contributed by atoms with Crippen molar-refractivity contribution in [3.8, 4) is 5.88 Å². The highest BCUT2D eigenvalue weighted by atomic mass is 16.5. The van der Waals surface area contributed by atoms with Crippen LogP contribution < -0.4 is 4.74 Å². The number of hydrogen-bond donors (Lipinski definition) is 0. The monoisotopic (exact) mass is 368 g/mol. The molecule has 144 valence electrons. The first-order valence-corrected chi connectivity index (χ1v) is 9.47. The number of aromatic nitrogens is 1. The molecule has 0 saturated carbocycles. The van der Waals surface area contributed by atoms with Gasteiger partial charge in [-0.05, 0) is 30.0 Å². The van der Waals surface area contributed by atoms with Crippen LogP contribution in [-0.4, -0.2) is 41.6 Å². The molecular weight excluding hydrogens is 340 g/mol. The van der Waals surface area contributed by atoms with Crippen molar-refractivity contribution in [2.24, 2.45) is 5.41 Å². The molecule has 0 bridgehead atoms. The van der Waals surface area contributed by atoms with Crippen LogP contribution in [0.4, 0.5) is 0 Å². The third kappa shape index (κ3) is 4.48. The zero-order valence-electron chi connectivity index (χ0n) is 16.5. The summed E-state index contributed by atoms with van der Waals surface area (Å²) in [6, 6.07) is 13.6. The molecule has 2 aromatic rings. The number of rotatable bonds is 4. The quantitative estimate of drug-likeness (QED) is 0.815. The lowest BCUT2D eigenvalue weighted by Crippen LogP contribution is -2.51. The molecule has 1 aliphatic heterocycles. The molecule has 1 aliphatic rings. The number of ether oxygens (including phenoxy) is 2. The average molecular weight is 368 g/mol. The molecule has 5 heteroatoms. The number of pyridine rings is 1. The fraction of sp³-hybridized carbons (Fsp3) is 0.455. The van der Waals surface area contributed by atoms with Crippen molar-refractivity contribution in [1.82, 2.24) is 9.88 Å². The molecule has 0 aliphatic carbocycles. The summed E-state index contributed by atoms with van der Waals surface area (Å²) in [5.41, 5.74) is 1.50. The molecule has 27 heavy (non-hydrogen) atoms. The third-order valence-corrected chi connectivity index (χ3v) is 4.81. The smallest absolute Gasteiger partial charge is 0.259 e. The summed E-state index contributed by atoms with van der Waals surface area (Å²) in [6.07, 6.45) is 1.43. The minimum atomic E-state index is -0.152. The normalized spacial score (nSPS) is 20.4. The minimum absolute atomic E-state index is 0.0624. The van der Waals surface area contributed by atoms with Crippen molar-refractivity contribution in [3.63, 3.8) is 0 Å². The molecule has 1 aromatic heterocycles. The van der Waals surface area contributed by atoms with E-state index in [1.165, 1.54) is 0 Å². The van der Waals surface area contributed by atoms with Gasteiger partial charge in [0.15, 0.2) is 0 Å². The summed E-state index contributed by atoms with van der Waals surface area (Å²) in [5, 5.41) is 0. The number of nitrogens with zero attached hydrogens (tertiary/aromatic N) is 2. The van der Waals surface area contributed by atoms with Crippen LogP contribution in [0.5, 0.6) is 5.88 Å². The molecule has 2 atom stereocenters. The van der Waals surface area contributed by atoms with Gasteiger partial charge in [-0.15, -0.1) is 0 Å². The van der Waals surface area contributed by atoms with E-state index < -0.39 is 0 Å². The van der Waals surface area contributed by atoms with Gasteiger partial charge in [0.2, 0.25) is 5.88 Å². The average Bonchev–Trinajstić information content (AvgIpc) is 2.68. The Hall–Kier alpha value is -2.40. The molecule has 1 fully saturated rings. The van der Waals surface area contributed by atoms with Crippen molar-refractivity contribution in [1.29, 1.82) is 0 Å². The lowest BCUT2D eigenvalue weighted by atomic mass is 9.87. The molecule has 0 N–H and O–H groups in total. The molecule has 0 spiro atoms. The van der Waals surface area contributed by atoms with Gasteiger partial charge in [0.05, 0.1) is 19.3 Å². The van der Waals surface area contributed by atoms with Crippen LogP contribution in [0.2, 0.25) is 0 Å². The Balaban J connectivity index is 1.90. The zero-order valence-corrected chi connectivity index (χ0v) is 16.5. The maximum Gasteiger partial charge on any atom is 0.259 e. The second-order valence-corrected chi connectivity index (χ2v) is 7.89. The van der Waals surface area contributed by atoms with E-state index in [1.54, 1.807) is 18.3 Å². The highest BCUT2D eigenvalue weighted by Crippen LogP contribution is 2.34. The van der Waals surface area contributed by atoms with E-state index in [1.807, 2.05) is 42.2 Å². The SMILES string of the molecule is CCOc1ncccc1C(=O)N1C[C@@H](c2ccccc2)O[C@@H](C(C)(C)C)C1. The predicted molar refractivity (Wildman–Crippen MR) is 105 cm³/mol. The van der Waals surface area contributed by atoms with Crippen LogP contribution in [0, 0.1) is 5.41 Å². The Labute approximate surface area is 161 Å². The standard InChI is InChI=1S/C22H28N2O3/c1-5-26-20-17(12-9-13-23-20)21(25)24-14-18(16-10-7-6-8-11-16)27-19(15-24)22(2,3)4/h6-13,18-19H,5,14-15H2,1-4H3/t18-,19+/m0/s1. The van der Waals surface area contributed by atoms with Gasteiger partial charge < -0.3 is 14.4 Å². The van der Waals surface area contributed by atoms with Crippen LogP contribution in [0.25, 0.3) is 0 Å². The van der Waals surface area contributed by atoms with Crippen molar-refractivity contribution >= 4 is 5.91 Å². The lowest BCUT2D eigenvalue weighted by molar-refractivity contribution is -0.119. The van der Waals surface area contributed by atoms with Crippen LogP contribution in [0.1, 0.15) is 49.7 Å². The van der Waals surface area contributed by atoms with Gasteiger partial charge in [-0.3, -0.25) is 4.79 Å². The van der Waals surface area contributed by atoms with Crippen molar-refractivity contribution < 1.29 is 14.3 Å². The first kappa shape index (κ1) is 19.4. The van der Waals surface area contributed by atoms with Crippen LogP contribution >= 0.6 is 0 Å². The Bertz CT molecular complexity index is 771. The number of carbonyl (C=O) groups is 1. The van der Waals surface area contributed by atoms with Crippen LogP contribution in [0.3, 0.4) is 0 Å². The second-order valence-electron chi connectivity index (χ2n) is 7.89. The fourth-order valence-electron chi connectivity index (χ4n) is 3.23. The van der Waals surface area contributed by atoms with Crippen molar-refractivity contribution in [3.05, 3.63) is 59.8 Å². The maximum atomic E-state index is 13.3. The molecule has 3 rings (SSSR count).